The Morgan fingerprint density at radius 3 is 2.38 bits per heavy atom. The summed E-state index contributed by atoms with van der Waals surface area (Å²) in [5, 5.41) is 6.37. The third kappa shape index (κ3) is 6.61. The van der Waals surface area contributed by atoms with Crippen LogP contribution in [0, 0.1) is 5.92 Å². The van der Waals surface area contributed by atoms with Crippen LogP contribution in [0.2, 0.25) is 0 Å². The molecule has 0 saturated heterocycles. The molecule has 0 spiro atoms. The van der Waals surface area contributed by atoms with E-state index in [9.17, 15) is 4.79 Å². The molecule has 1 amide bonds. The summed E-state index contributed by atoms with van der Waals surface area (Å²) in [5.41, 5.74) is 4.72. The first-order chi connectivity index (χ1) is 14.1. The van der Waals surface area contributed by atoms with Gasteiger partial charge in [0.05, 0.1) is 0 Å². The lowest BCUT2D eigenvalue weighted by Gasteiger charge is -2.10. The molecule has 0 radical (unpaired) electrons. The number of carbonyl (C=O) groups excluding carboxylic acids is 1. The zero-order chi connectivity index (χ0) is 20.5. The van der Waals surface area contributed by atoms with Crippen LogP contribution in [-0.2, 0) is 0 Å². The minimum atomic E-state index is -0.0386. The van der Waals surface area contributed by atoms with Crippen molar-refractivity contribution >= 4 is 29.4 Å². The molecule has 3 aromatic rings. The van der Waals surface area contributed by atoms with E-state index >= 15 is 0 Å². The summed E-state index contributed by atoms with van der Waals surface area (Å²) in [6, 6.07) is 19.7. The predicted molar refractivity (Wildman–Crippen MR) is 121 cm³/mol. The normalized spacial score (nSPS) is 11.0. The van der Waals surface area contributed by atoms with E-state index in [1.165, 1.54) is 0 Å². The molecule has 29 heavy (non-hydrogen) atoms. The molecule has 2 aromatic carbocycles. The number of carbonyl (C=O) groups is 1. The zero-order valence-electron chi connectivity index (χ0n) is 16.9. The standard InChI is InChI=1S/C25H27N3O/c1-19(2)11-16-27-25(29)22-6-4-8-24(18-22)28-23-7-3-5-21(17-23)10-9-20-12-14-26-15-13-20/h3-10,12-15,17-19,28H,11,16H2,1-2H3,(H,27,29). The molecule has 1 heterocycles. The fraction of sp³-hybridized carbons (Fsp3) is 0.200. The van der Waals surface area contributed by atoms with Gasteiger partial charge in [-0.1, -0.05) is 44.2 Å². The lowest BCUT2D eigenvalue weighted by atomic mass is 10.1. The molecule has 0 bridgehead atoms. The Balaban J connectivity index is 1.66. The van der Waals surface area contributed by atoms with Crippen LogP contribution in [0.25, 0.3) is 12.2 Å². The van der Waals surface area contributed by atoms with Gasteiger partial charge in [0.1, 0.15) is 0 Å². The summed E-state index contributed by atoms with van der Waals surface area (Å²) in [6.07, 6.45) is 8.67. The Hall–Kier alpha value is -3.40. The third-order valence-corrected chi connectivity index (χ3v) is 4.48. The van der Waals surface area contributed by atoms with Crippen LogP contribution in [0.15, 0.2) is 73.1 Å². The Bertz CT molecular complexity index is 965. The van der Waals surface area contributed by atoms with Crippen molar-refractivity contribution in [1.82, 2.24) is 10.3 Å². The highest BCUT2D eigenvalue weighted by atomic mass is 16.1. The summed E-state index contributed by atoms with van der Waals surface area (Å²) in [4.78, 5) is 16.4. The molecule has 148 valence electrons. The molecular weight excluding hydrogens is 358 g/mol. The largest absolute Gasteiger partial charge is 0.355 e. The number of aromatic nitrogens is 1. The summed E-state index contributed by atoms with van der Waals surface area (Å²) < 4.78 is 0. The van der Waals surface area contributed by atoms with Crippen molar-refractivity contribution in [2.24, 2.45) is 5.92 Å². The number of nitrogens with one attached hydrogen (secondary N) is 2. The molecular formula is C25H27N3O. The number of amides is 1. The smallest absolute Gasteiger partial charge is 0.251 e. The number of nitrogens with zero attached hydrogens (tertiary/aromatic N) is 1. The van der Waals surface area contributed by atoms with Crippen molar-refractivity contribution in [2.45, 2.75) is 20.3 Å². The van der Waals surface area contributed by atoms with Crippen molar-refractivity contribution in [3.63, 3.8) is 0 Å². The molecule has 4 nitrogen and oxygen atoms in total. The first kappa shape index (κ1) is 20.3. The Kier molecular flexibility index (Phi) is 7.17. The van der Waals surface area contributed by atoms with Crippen LogP contribution in [0.1, 0.15) is 41.8 Å². The van der Waals surface area contributed by atoms with E-state index in [-0.39, 0.29) is 5.91 Å². The third-order valence-electron chi connectivity index (χ3n) is 4.48. The second kappa shape index (κ2) is 10.2. The average Bonchev–Trinajstić information content (AvgIpc) is 2.73. The van der Waals surface area contributed by atoms with E-state index in [4.69, 9.17) is 0 Å². The minimum Gasteiger partial charge on any atom is -0.355 e. The van der Waals surface area contributed by atoms with E-state index in [0.29, 0.717) is 18.0 Å². The zero-order valence-corrected chi connectivity index (χ0v) is 16.9. The SMILES string of the molecule is CC(C)CCNC(=O)c1cccc(Nc2cccc(C=Cc3ccncc3)c2)c1. The van der Waals surface area contributed by atoms with Gasteiger partial charge >= 0.3 is 0 Å². The highest BCUT2D eigenvalue weighted by Gasteiger charge is 2.06. The molecule has 4 heteroatoms. The number of pyridine rings is 1. The van der Waals surface area contributed by atoms with Crippen LogP contribution < -0.4 is 10.6 Å². The van der Waals surface area contributed by atoms with Gasteiger partial charge in [0.25, 0.3) is 5.91 Å². The van der Waals surface area contributed by atoms with Crippen LogP contribution in [0.4, 0.5) is 11.4 Å². The Morgan fingerprint density at radius 2 is 1.62 bits per heavy atom. The molecule has 3 rings (SSSR count). The van der Waals surface area contributed by atoms with Crippen molar-refractivity contribution in [3.8, 4) is 0 Å². The molecule has 0 fully saturated rings. The number of benzene rings is 2. The maximum Gasteiger partial charge on any atom is 0.251 e. The highest BCUT2D eigenvalue weighted by molar-refractivity contribution is 5.95. The van der Waals surface area contributed by atoms with Gasteiger partial charge < -0.3 is 10.6 Å². The summed E-state index contributed by atoms with van der Waals surface area (Å²) >= 11 is 0. The van der Waals surface area contributed by atoms with Crippen molar-refractivity contribution in [2.75, 3.05) is 11.9 Å². The number of hydrogen-bond acceptors (Lipinski definition) is 3. The summed E-state index contributed by atoms with van der Waals surface area (Å²) in [5.74, 6) is 0.534. The lowest BCUT2D eigenvalue weighted by molar-refractivity contribution is 0.0952. The van der Waals surface area contributed by atoms with E-state index in [2.05, 4.69) is 53.7 Å². The second-order valence-corrected chi connectivity index (χ2v) is 7.38. The minimum absolute atomic E-state index is 0.0386. The van der Waals surface area contributed by atoms with E-state index in [1.54, 1.807) is 12.4 Å². The van der Waals surface area contributed by atoms with Crippen LogP contribution >= 0.6 is 0 Å². The van der Waals surface area contributed by atoms with Gasteiger partial charge in [0, 0.05) is 35.9 Å². The van der Waals surface area contributed by atoms with Crippen molar-refractivity contribution < 1.29 is 4.79 Å². The first-order valence-corrected chi connectivity index (χ1v) is 9.93. The fourth-order valence-corrected chi connectivity index (χ4v) is 2.87. The average molecular weight is 386 g/mol. The highest BCUT2D eigenvalue weighted by Crippen LogP contribution is 2.20. The quantitative estimate of drug-likeness (QED) is 0.517. The molecule has 2 N–H and O–H groups in total. The molecule has 0 atom stereocenters. The first-order valence-electron chi connectivity index (χ1n) is 9.93. The maximum atomic E-state index is 12.4. The maximum absolute atomic E-state index is 12.4. The number of hydrogen-bond donors (Lipinski definition) is 2. The van der Waals surface area contributed by atoms with Crippen molar-refractivity contribution in [3.05, 3.63) is 89.7 Å². The van der Waals surface area contributed by atoms with E-state index in [0.717, 1.165) is 28.9 Å². The molecule has 0 aliphatic heterocycles. The summed E-state index contributed by atoms with van der Waals surface area (Å²) in [6.45, 7) is 4.99. The van der Waals surface area contributed by atoms with Crippen LogP contribution in [0.5, 0.6) is 0 Å². The molecule has 0 aliphatic carbocycles. The van der Waals surface area contributed by atoms with Gasteiger partial charge in [-0.2, -0.15) is 0 Å². The molecule has 0 unspecified atom stereocenters. The van der Waals surface area contributed by atoms with E-state index in [1.807, 2.05) is 48.5 Å². The van der Waals surface area contributed by atoms with Gasteiger partial charge in [0.2, 0.25) is 0 Å². The monoisotopic (exact) mass is 385 g/mol. The Morgan fingerprint density at radius 1 is 0.931 bits per heavy atom. The van der Waals surface area contributed by atoms with Crippen LogP contribution in [-0.4, -0.2) is 17.4 Å². The molecule has 0 aliphatic rings. The number of rotatable bonds is 8. The van der Waals surface area contributed by atoms with Gasteiger partial charge in [0.15, 0.2) is 0 Å². The van der Waals surface area contributed by atoms with Crippen molar-refractivity contribution in [1.29, 1.82) is 0 Å². The molecule has 0 saturated carbocycles. The second-order valence-electron chi connectivity index (χ2n) is 7.38. The van der Waals surface area contributed by atoms with Gasteiger partial charge in [-0.05, 0) is 65.9 Å². The van der Waals surface area contributed by atoms with E-state index < -0.39 is 0 Å². The molecule has 1 aromatic heterocycles. The predicted octanol–water partition coefficient (Wildman–Crippen LogP) is 5.77. The Labute approximate surface area is 172 Å². The van der Waals surface area contributed by atoms with Gasteiger partial charge in [-0.25, -0.2) is 0 Å². The van der Waals surface area contributed by atoms with Crippen LogP contribution in [0.3, 0.4) is 0 Å². The topological polar surface area (TPSA) is 54.0 Å². The summed E-state index contributed by atoms with van der Waals surface area (Å²) in [7, 11) is 0. The fourth-order valence-electron chi connectivity index (χ4n) is 2.87. The number of anilines is 2. The lowest BCUT2D eigenvalue weighted by Crippen LogP contribution is -2.25. The van der Waals surface area contributed by atoms with Gasteiger partial charge in [-0.15, -0.1) is 0 Å². The van der Waals surface area contributed by atoms with Gasteiger partial charge in [-0.3, -0.25) is 9.78 Å².